The Balaban J connectivity index is 1.40. The van der Waals surface area contributed by atoms with E-state index in [9.17, 15) is 14.4 Å². The van der Waals surface area contributed by atoms with Crippen LogP contribution in [0.1, 0.15) is 58.7 Å². The summed E-state index contributed by atoms with van der Waals surface area (Å²) < 4.78 is 7.53. The molecule has 0 spiro atoms. The van der Waals surface area contributed by atoms with Gasteiger partial charge in [-0.15, -0.1) is 0 Å². The number of carbonyl (C=O) groups excluding carboxylic acids is 3. The molecule has 10 nitrogen and oxygen atoms in total. The van der Waals surface area contributed by atoms with Gasteiger partial charge in [-0.3, -0.25) is 19.4 Å². The van der Waals surface area contributed by atoms with Crippen molar-refractivity contribution in [2.45, 2.75) is 44.7 Å². The first-order valence-corrected chi connectivity index (χ1v) is 12.1. The van der Waals surface area contributed by atoms with Crippen molar-refractivity contribution in [3.8, 4) is 11.3 Å². The number of furan rings is 1. The molecule has 0 bridgehead atoms. The van der Waals surface area contributed by atoms with Crippen molar-refractivity contribution in [3.63, 3.8) is 0 Å². The summed E-state index contributed by atoms with van der Waals surface area (Å²) >= 11 is 0. The normalized spacial score (nSPS) is 14.8. The van der Waals surface area contributed by atoms with Crippen LogP contribution < -0.4 is 16.5 Å². The number of hydrogen-bond donors (Lipinski definition) is 3. The Morgan fingerprint density at radius 1 is 1.14 bits per heavy atom. The summed E-state index contributed by atoms with van der Waals surface area (Å²) in [5, 5.41) is 6.49. The molecule has 36 heavy (non-hydrogen) atoms. The lowest BCUT2D eigenvalue weighted by Gasteiger charge is -2.34. The topological polar surface area (TPSA) is 135 Å². The van der Waals surface area contributed by atoms with E-state index in [1.54, 1.807) is 43.3 Å². The monoisotopic (exact) mass is 492 g/mol. The number of rotatable bonds is 8. The SMILES string of the molecule is CNC(=O)[C@H](C1CCCCC1)N(N)C(=O)c1ccc(-c2ccc(CNC(=O)c3cn(C)cn3)cc2)o1. The van der Waals surface area contributed by atoms with E-state index in [2.05, 4.69) is 15.6 Å². The molecule has 0 aliphatic heterocycles. The van der Waals surface area contributed by atoms with E-state index in [-0.39, 0.29) is 23.5 Å². The molecule has 0 radical (unpaired) electrons. The standard InChI is InChI=1S/C26H32N6O4/c1-28-25(34)23(19-6-4-3-5-7-19)32(27)26(35)22-13-12-21(36-22)18-10-8-17(9-11-18)14-29-24(33)20-15-31(2)16-30-20/h8-13,15-16,19,23H,3-7,14,27H2,1-2H3,(H,28,34)(H,29,33)/t23-/m0/s1. The third-order valence-electron chi connectivity index (χ3n) is 6.59. The molecule has 2 heterocycles. The van der Waals surface area contributed by atoms with E-state index < -0.39 is 11.9 Å². The first kappa shape index (κ1) is 25.2. The maximum absolute atomic E-state index is 13.1. The molecule has 0 saturated heterocycles. The van der Waals surface area contributed by atoms with Crippen LogP contribution >= 0.6 is 0 Å². The number of benzene rings is 1. The van der Waals surface area contributed by atoms with Crippen LogP contribution in [0.15, 0.2) is 53.3 Å². The number of hydrazine groups is 1. The predicted octanol–water partition coefficient (Wildman–Crippen LogP) is 2.62. The van der Waals surface area contributed by atoms with Crippen LogP contribution in [0.25, 0.3) is 11.3 Å². The lowest BCUT2D eigenvalue weighted by atomic mass is 9.83. The minimum absolute atomic E-state index is 0.0211. The fourth-order valence-corrected chi connectivity index (χ4v) is 4.62. The lowest BCUT2D eigenvalue weighted by Crippen LogP contribution is -2.56. The van der Waals surface area contributed by atoms with Gasteiger partial charge in [0.1, 0.15) is 17.5 Å². The highest BCUT2D eigenvalue weighted by atomic mass is 16.4. The highest BCUT2D eigenvalue weighted by Crippen LogP contribution is 2.30. The molecule has 1 atom stereocenters. The van der Waals surface area contributed by atoms with Gasteiger partial charge in [0.25, 0.3) is 5.91 Å². The summed E-state index contributed by atoms with van der Waals surface area (Å²) in [5.41, 5.74) is 2.03. The van der Waals surface area contributed by atoms with Gasteiger partial charge in [-0.2, -0.15) is 0 Å². The molecule has 10 heteroatoms. The lowest BCUT2D eigenvalue weighted by molar-refractivity contribution is -0.127. The number of aromatic nitrogens is 2. The average molecular weight is 493 g/mol. The Bertz CT molecular complexity index is 1210. The molecular weight excluding hydrogens is 460 g/mol. The van der Waals surface area contributed by atoms with E-state index >= 15 is 0 Å². The third-order valence-corrected chi connectivity index (χ3v) is 6.59. The van der Waals surface area contributed by atoms with Crippen molar-refractivity contribution in [1.82, 2.24) is 25.2 Å². The minimum Gasteiger partial charge on any atom is -0.451 e. The zero-order chi connectivity index (χ0) is 25.7. The van der Waals surface area contributed by atoms with Crippen molar-refractivity contribution in [2.24, 2.45) is 18.8 Å². The van der Waals surface area contributed by atoms with Crippen molar-refractivity contribution in [2.75, 3.05) is 7.05 Å². The molecule has 1 aromatic carbocycles. The van der Waals surface area contributed by atoms with Gasteiger partial charge in [0.15, 0.2) is 5.76 Å². The fraction of sp³-hybridized carbons (Fsp3) is 0.385. The summed E-state index contributed by atoms with van der Waals surface area (Å²) in [6.07, 6.45) is 8.12. The smallest absolute Gasteiger partial charge is 0.304 e. The molecule has 1 aliphatic carbocycles. The number of nitrogens with one attached hydrogen (secondary N) is 2. The van der Waals surface area contributed by atoms with Crippen LogP contribution in [0.3, 0.4) is 0 Å². The molecule has 4 N–H and O–H groups in total. The maximum atomic E-state index is 13.1. The van der Waals surface area contributed by atoms with Crippen LogP contribution in [0.2, 0.25) is 0 Å². The van der Waals surface area contributed by atoms with Gasteiger partial charge in [-0.1, -0.05) is 43.5 Å². The predicted molar refractivity (Wildman–Crippen MR) is 133 cm³/mol. The molecule has 2 aromatic heterocycles. The first-order chi connectivity index (χ1) is 17.4. The van der Waals surface area contributed by atoms with E-state index in [0.29, 0.717) is 18.0 Å². The fourth-order valence-electron chi connectivity index (χ4n) is 4.62. The van der Waals surface area contributed by atoms with Crippen molar-refractivity contribution < 1.29 is 18.8 Å². The van der Waals surface area contributed by atoms with Crippen LogP contribution in [-0.4, -0.2) is 45.4 Å². The molecule has 1 saturated carbocycles. The molecule has 4 rings (SSSR count). The van der Waals surface area contributed by atoms with Crippen LogP contribution in [-0.2, 0) is 18.4 Å². The van der Waals surface area contributed by atoms with E-state index in [0.717, 1.165) is 48.2 Å². The number of nitrogens with two attached hydrogens (primary N) is 1. The first-order valence-electron chi connectivity index (χ1n) is 12.1. The molecule has 1 fully saturated rings. The number of aryl methyl sites for hydroxylation is 1. The summed E-state index contributed by atoms with van der Waals surface area (Å²) in [5.74, 6) is 5.74. The minimum atomic E-state index is -0.739. The Hall–Kier alpha value is -3.92. The number of amides is 3. The van der Waals surface area contributed by atoms with E-state index in [1.807, 2.05) is 24.3 Å². The van der Waals surface area contributed by atoms with E-state index in [4.69, 9.17) is 10.3 Å². The van der Waals surface area contributed by atoms with Gasteiger partial charge in [0, 0.05) is 32.4 Å². The number of likely N-dealkylation sites (N-methyl/N-ethyl adjacent to an activating group) is 1. The van der Waals surface area contributed by atoms with Crippen molar-refractivity contribution in [1.29, 1.82) is 0 Å². The molecular formula is C26H32N6O4. The molecule has 3 aromatic rings. The summed E-state index contributed by atoms with van der Waals surface area (Å²) in [6, 6.07) is 9.98. The Morgan fingerprint density at radius 2 is 1.86 bits per heavy atom. The highest BCUT2D eigenvalue weighted by molar-refractivity contribution is 5.95. The van der Waals surface area contributed by atoms with Crippen LogP contribution in [0.4, 0.5) is 0 Å². The molecule has 0 unspecified atom stereocenters. The Kier molecular flexibility index (Phi) is 7.84. The largest absolute Gasteiger partial charge is 0.451 e. The summed E-state index contributed by atoms with van der Waals surface area (Å²) in [7, 11) is 3.35. The zero-order valence-corrected chi connectivity index (χ0v) is 20.6. The molecule has 190 valence electrons. The number of carbonyl (C=O) groups is 3. The van der Waals surface area contributed by atoms with Gasteiger partial charge < -0.3 is 19.6 Å². The van der Waals surface area contributed by atoms with Gasteiger partial charge in [0.05, 0.1) is 6.33 Å². The second-order valence-electron chi connectivity index (χ2n) is 9.14. The number of nitrogens with zero attached hydrogens (tertiary/aromatic N) is 3. The van der Waals surface area contributed by atoms with Gasteiger partial charge in [-0.25, -0.2) is 10.8 Å². The molecule has 1 aliphatic rings. The second-order valence-corrected chi connectivity index (χ2v) is 9.14. The third kappa shape index (κ3) is 5.65. The van der Waals surface area contributed by atoms with Gasteiger partial charge in [-0.05, 0) is 36.5 Å². The molecule has 3 amide bonds. The van der Waals surface area contributed by atoms with Crippen molar-refractivity contribution in [3.05, 3.63) is 65.9 Å². The maximum Gasteiger partial charge on any atom is 0.304 e. The number of imidazole rings is 1. The van der Waals surface area contributed by atoms with E-state index in [1.165, 1.54) is 0 Å². The highest BCUT2D eigenvalue weighted by Gasteiger charge is 2.36. The Morgan fingerprint density at radius 3 is 2.50 bits per heavy atom. The van der Waals surface area contributed by atoms with Gasteiger partial charge >= 0.3 is 5.91 Å². The second kappa shape index (κ2) is 11.2. The Labute approximate surface area is 209 Å². The average Bonchev–Trinajstić information content (AvgIpc) is 3.57. The zero-order valence-electron chi connectivity index (χ0n) is 20.6. The quantitative estimate of drug-likeness (QED) is 0.251. The van der Waals surface area contributed by atoms with Gasteiger partial charge in [0.2, 0.25) is 5.91 Å². The summed E-state index contributed by atoms with van der Waals surface area (Å²) in [4.78, 5) is 41.9. The van der Waals surface area contributed by atoms with Crippen LogP contribution in [0, 0.1) is 5.92 Å². The summed E-state index contributed by atoms with van der Waals surface area (Å²) in [6.45, 7) is 0.349. The number of hydrogen-bond acceptors (Lipinski definition) is 6. The van der Waals surface area contributed by atoms with Crippen molar-refractivity contribution >= 4 is 17.7 Å². The van der Waals surface area contributed by atoms with Crippen LogP contribution in [0.5, 0.6) is 0 Å².